The van der Waals surface area contributed by atoms with Crippen molar-refractivity contribution >= 4 is 5.97 Å². The first-order valence-corrected chi connectivity index (χ1v) is 3.13. The summed E-state index contributed by atoms with van der Waals surface area (Å²) in [5.41, 5.74) is 5.26. The highest BCUT2D eigenvalue weighted by Gasteiger charge is 2.23. The maximum Gasteiger partial charge on any atom is 0.308 e. The van der Waals surface area contributed by atoms with Crippen molar-refractivity contribution in [2.45, 2.75) is 26.0 Å². The molecule has 0 saturated heterocycles. The van der Waals surface area contributed by atoms with Gasteiger partial charge in [-0.15, -0.1) is 0 Å². The SMILES string of the molecule is C[C@H](N)[C@H](O)[C@H](C)C(=O)O. The third-order valence-electron chi connectivity index (χ3n) is 1.44. The molecule has 0 unspecified atom stereocenters. The zero-order valence-electron chi connectivity index (χ0n) is 6.11. The van der Waals surface area contributed by atoms with Gasteiger partial charge in [0.25, 0.3) is 0 Å². The van der Waals surface area contributed by atoms with Crippen LogP contribution in [0.3, 0.4) is 0 Å². The normalized spacial score (nSPS) is 19.6. The van der Waals surface area contributed by atoms with Gasteiger partial charge < -0.3 is 15.9 Å². The smallest absolute Gasteiger partial charge is 0.308 e. The Morgan fingerprint density at radius 3 is 2.00 bits per heavy atom. The van der Waals surface area contributed by atoms with Crippen LogP contribution in [0.1, 0.15) is 13.8 Å². The lowest BCUT2D eigenvalue weighted by Crippen LogP contribution is -2.39. The molecule has 4 nitrogen and oxygen atoms in total. The molecule has 0 bridgehead atoms. The van der Waals surface area contributed by atoms with Crippen LogP contribution in [0.2, 0.25) is 0 Å². The number of nitrogens with two attached hydrogens (primary N) is 1. The highest BCUT2D eigenvalue weighted by Crippen LogP contribution is 2.05. The van der Waals surface area contributed by atoms with E-state index in [1.165, 1.54) is 6.92 Å². The van der Waals surface area contributed by atoms with Crippen LogP contribution in [0.4, 0.5) is 0 Å². The van der Waals surface area contributed by atoms with Crippen molar-refractivity contribution in [3.8, 4) is 0 Å². The Morgan fingerprint density at radius 1 is 1.50 bits per heavy atom. The van der Waals surface area contributed by atoms with E-state index in [-0.39, 0.29) is 0 Å². The minimum Gasteiger partial charge on any atom is -0.481 e. The third kappa shape index (κ3) is 2.33. The van der Waals surface area contributed by atoms with Crippen molar-refractivity contribution in [2.75, 3.05) is 0 Å². The molecule has 0 aliphatic carbocycles. The minimum absolute atomic E-state index is 0.494. The van der Waals surface area contributed by atoms with Gasteiger partial charge in [0.1, 0.15) is 0 Å². The van der Waals surface area contributed by atoms with Crippen molar-refractivity contribution < 1.29 is 15.0 Å². The van der Waals surface area contributed by atoms with Gasteiger partial charge in [-0.3, -0.25) is 4.79 Å². The molecule has 0 aliphatic heterocycles. The van der Waals surface area contributed by atoms with Gasteiger partial charge in [-0.05, 0) is 13.8 Å². The highest BCUT2D eigenvalue weighted by atomic mass is 16.4. The van der Waals surface area contributed by atoms with E-state index in [4.69, 9.17) is 15.9 Å². The lowest BCUT2D eigenvalue weighted by Gasteiger charge is -2.17. The van der Waals surface area contributed by atoms with Gasteiger partial charge in [0, 0.05) is 6.04 Å². The fourth-order valence-electron chi connectivity index (χ4n) is 0.601. The van der Waals surface area contributed by atoms with Crippen LogP contribution in [0.5, 0.6) is 0 Å². The highest BCUT2D eigenvalue weighted by molar-refractivity contribution is 5.70. The summed E-state index contributed by atoms with van der Waals surface area (Å²) < 4.78 is 0. The average molecular weight is 147 g/mol. The van der Waals surface area contributed by atoms with Crippen LogP contribution in [-0.4, -0.2) is 28.3 Å². The molecule has 0 saturated carbocycles. The summed E-state index contributed by atoms with van der Waals surface area (Å²) in [6.45, 7) is 3.00. The summed E-state index contributed by atoms with van der Waals surface area (Å²) in [6, 6.07) is -0.494. The molecule has 60 valence electrons. The Balaban J connectivity index is 3.94. The zero-order valence-corrected chi connectivity index (χ0v) is 6.11. The number of aliphatic hydroxyl groups excluding tert-OH is 1. The number of carboxylic acids is 1. The van der Waals surface area contributed by atoms with Crippen LogP contribution in [0.15, 0.2) is 0 Å². The van der Waals surface area contributed by atoms with Gasteiger partial charge >= 0.3 is 5.97 Å². The molecular weight excluding hydrogens is 134 g/mol. The van der Waals surface area contributed by atoms with Gasteiger partial charge in [-0.25, -0.2) is 0 Å². The first kappa shape index (κ1) is 9.39. The van der Waals surface area contributed by atoms with E-state index in [2.05, 4.69) is 0 Å². The van der Waals surface area contributed by atoms with Crippen molar-refractivity contribution in [1.29, 1.82) is 0 Å². The van der Waals surface area contributed by atoms with Crippen LogP contribution >= 0.6 is 0 Å². The fraction of sp³-hybridized carbons (Fsp3) is 0.833. The Labute approximate surface area is 59.7 Å². The van der Waals surface area contributed by atoms with Crippen molar-refractivity contribution in [3.05, 3.63) is 0 Å². The van der Waals surface area contributed by atoms with Crippen LogP contribution in [0.25, 0.3) is 0 Å². The molecule has 0 amide bonds. The molecule has 3 atom stereocenters. The summed E-state index contributed by atoms with van der Waals surface area (Å²) in [5.74, 6) is -1.81. The fourth-order valence-corrected chi connectivity index (χ4v) is 0.601. The molecule has 4 heteroatoms. The van der Waals surface area contributed by atoms with Gasteiger partial charge in [0.2, 0.25) is 0 Å². The number of carboxylic acid groups (broad SMARTS) is 1. The molecule has 0 spiro atoms. The van der Waals surface area contributed by atoms with Crippen LogP contribution < -0.4 is 5.73 Å². The minimum atomic E-state index is -1.02. The monoisotopic (exact) mass is 147 g/mol. The predicted octanol–water partition coefficient (Wildman–Crippen LogP) is -0.585. The van der Waals surface area contributed by atoms with E-state index in [1.807, 2.05) is 0 Å². The molecule has 0 aromatic heterocycles. The number of aliphatic carboxylic acids is 1. The van der Waals surface area contributed by atoms with E-state index in [1.54, 1.807) is 6.92 Å². The first-order valence-electron chi connectivity index (χ1n) is 3.13. The maximum absolute atomic E-state index is 10.2. The molecule has 0 radical (unpaired) electrons. The number of hydrogen-bond donors (Lipinski definition) is 3. The number of aliphatic hydroxyl groups is 1. The van der Waals surface area contributed by atoms with E-state index >= 15 is 0 Å². The van der Waals surface area contributed by atoms with Crippen LogP contribution in [-0.2, 0) is 4.79 Å². The zero-order chi connectivity index (χ0) is 8.31. The molecule has 0 rings (SSSR count). The van der Waals surface area contributed by atoms with Gasteiger partial charge in [-0.1, -0.05) is 0 Å². The van der Waals surface area contributed by atoms with Crippen molar-refractivity contribution in [1.82, 2.24) is 0 Å². The molecule has 0 heterocycles. The Bertz CT molecular complexity index is 124. The second-order valence-corrected chi connectivity index (χ2v) is 2.48. The lowest BCUT2D eigenvalue weighted by atomic mass is 10.0. The summed E-state index contributed by atoms with van der Waals surface area (Å²) in [5, 5.41) is 17.4. The molecule has 0 aliphatic rings. The summed E-state index contributed by atoms with van der Waals surface area (Å²) in [7, 11) is 0. The van der Waals surface area contributed by atoms with Crippen molar-refractivity contribution in [3.63, 3.8) is 0 Å². The largest absolute Gasteiger partial charge is 0.481 e. The molecule has 10 heavy (non-hydrogen) atoms. The molecule has 4 N–H and O–H groups in total. The molecular formula is C6H13NO3. The van der Waals surface area contributed by atoms with E-state index in [0.29, 0.717) is 0 Å². The summed E-state index contributed by atoms with van der Waals surface area (Å²) >= 11 is 0. The third-order valence-corrected chi connectivity index (χ3v) is 1.44. The summed E-state index contributed by atoms with van der Waals surface area (Å²) in [4.78, 5) is 10.2. The topological polar surface area (TPSA) is 83.5 Å². The predicted molar refractivity (Wildman–Crippen MR) is 36.5 cm³/mol. The standard InChI is InChI=1S/C6H13NO3/c1-3(6(9)10)5(8)4(2)7/h3-5,8H,7H2,1-2H3,(H,9,10)/t3-,4-,5+/m0/s1. The number of carbonyl (C=O) groups is 1. The number of hydrogen-bond acceptors (Lipinski definition) is 3. The second kappa shape index (κ2) is 3.53. The van der Waals surface area contributed by atoms with E-state index in [0.717, 1.165) is 0 Å². The lowest BCUT2D eigenvalue weighted by molar-refractivity contribution is -0.145. The molecule has 0 aromatic carbocycles. The van der Waals surface area contributed by atoms with Gasteiger partial charge in [0.15, 0.2) is 0 Å². The maximum atomic E-state index is 10.2. The molecule has 0 aromatic rings. The Kier molecular flexibility index (Phi) is 3.32. The molecule has 0 fully saturated rings. The van der Waals surface area contributed by atoms with Gasteiger partial charge in [0.05, 0.1) is 12.0 Å². The summed E-state index contributed by atoms with van der Waals surface area (Å²) in [6.07, 6.45) is -0.961. The Hall–Kier alpha value is -0.610. The Morgan fingerprint density at radius 2 is 1.90 bits per heavy atom. The van der Waals surface area contributed by atoms with Crippen LogP contribution in [0, 0.1) is 5.92 Å². The van der Waals surface area contributed by atoms with Crippen molar-refractivity contribution in [2.24, 2.45) is 11.7 Å². The van der Waals surface area contributed by atoms with E-state index in [9.17, 15) is 4.79 Å². The average Bonchev–Trinajstić information content (AvgIpc) is 1.84. The van der Waals surface area contributed by atoms with E-state index < -0.39 is 24.0 Å². The quantitative estimate of drug-likeness (QED) is 0.498. The number of rotatable bonds is 3. The first-order chi connectivity index (χ1) is 4.46. The van der Waals surface area contributed by atoms with Gasteiger partial charge in [-0.2, -0.15) is 0 Å². The second-order valence-electron chi connectivity index (χ2n) is 2.48.